The van der Waals surface area contributed by atoms with E-state index in [9.17, 15) is 22.4 Å². The molecule has 5 nitrogen and oxygen atoms in total. The highest BCUT2D eigenvalue weighted by Crippen LogP contribution is 2.34. The van der Waals surface area contributed by atoms with Crippen molar-refractivity contribution in [2.75, 3.05) is 31.1 Å². The Morgan fingerprint density at radius 2 is 1.46 bits per heavy atom. The SMILES string of the molecule is Cc1cc2nc(-c3ccccc3)c(N3CCN(C(=O)c4ccc(F)cc4C(F)(F)F)CC3)nc2cc1C. The molecule has 37 heavy (non-hydrogen) atoms. The van der Waals surface area contributed by atoms with Crippen molar-refractivity contribution in [2.45, 2.75) is 20.0 Å². The van der Waals surface area contributed by atoms with E-state index in [1.807, 2.05) is 61.2 Å². The smallest absolute Gasteiger partial charge is 0.351 e. The number of anilines is 1. The van der Waals surface area contributed by atoms with Gasteiger partial charge >= 0.3 is 6.18 Å². The molecule has 1 amide bonds. The first-order valence-electron chi connectivity index (χ1n) is 11.9. The van der Waals surface area contributed by atoms with E-state index in [0.29, 0.717) is 30.7 Å². The van der Waals surface area contributed by atoms with E-state index in [0.717, 1.165) is 39.9 Å². The predicted octanol–water partition coefficient (Wildman–Crippen LogP) is 6.03. The van der Waals surface area contributed by atoms with Crippen LogP contribution in [0.2, 0.25) is 0 Å². The number of halogens is 4. The van der Waals surface area contributed by atoms with E-state index in [1.165, 1.54) is 4.90 Å². The molecule has 1 aliphatic heterocycles. The Hall–Kier alpha value is -4.01. The Bertz CT molecular complexity index is 1480. The van der Waals surface area contributed by atoms with Gasteiger partial charge in [-0.25, -0.2) is 14.4 Å². The molecular formula is C28H24F4N4O. The largest absolute Gasteiger partial charge is 0.417 e. The molecular weight excluding hydrogens is 484 g/mol. The van der Waals surface area contributed by atoms with Gasteiger partial charge in [0, 0.05) is 31.7 Å². The van der Waals surface area contributed by atoms with Crippen molar-refractivity contribution >= 4 is 22.8 Å². The first kappa shape index (κ1) is 24.7. The number of benzene rings is 3. The normalized spacial score (nSPS) is 14.3. The Kier molecular flexibility index (Phi) is 6.31. The first-order chi connectivity index (χ1) is 17.6. The highest BCUT2D eigenvalue weighted by Gasteiger charge is 2.37. The second-order valence-corrected chi connectivity index (χ2v) is 9.15. The van der Waals surface area contributed by atoms with E-state index in [-0.39, 0.29) is 13.1 Å². The average Bonchev–Trinajstić information content (AvgIpc) is 2.88. The van der Waals surface area contributed by atoms with Crippen molar-refractivity contribution < 1.29 is 22.4 Å². The number of fused-ring (bicyclic) bond motifs is 1. The third-order valence-electron chi connectivity index (χ3n) is 6.69. The van der Waals surface area contributed by atoms with Crippen LogP contribution in [0.3, 0.4) is 0 Å². The molecule has 3 aromatic carbocycles. The molecule has 0 spiro atoms. The van der Waals surface area contributed by atoms with Gasteiger partial charge in [0.15, 0.2) is 5.82 Å². The van der Waals surface area contributed by atoms with E-state index in [4.69, 9.17) is 9.97 Å². The number of hydrogen-bond donors (Lipinski definition) is 0. The lowest BCUT2D eigenvalue weighted by molar-refractivity contribution is -0.138. The zero-order chi connectivity index (χ0) is 26.3. The summed E-state index contributed by atoms with van der Waals surface area (Å²) in [6.07, 6.45) is -4.84. The third-order valence-corrected chi connectivity index (χ3v) is 6.69. The summed E-state index contributed by atoms with van der Waals surface area (Å²) < 4.78 is 53.9. The van der Waals surface area contributed by atoms with Gasteiger partial charge in [-0.1, -0.05) is 30.3 Å². The van der Waals surface area contributed by atoms with Crippen molar-refractivity contribution in [2.24, 2.45) is 0 Å². The maximum atomic E-state index is 13.5. The van der Waals surface area contributed by atoms with Crippen molar-refractivity contribution in [1.29, 1.82) is 0 Å². The van der Waals surface area contributed by atoms with Crippen LogP contribution in [-0.2, 0) is 6.18 Å². The number of aromatic nitrogens is 2. The summed E-state index contributed by atoms with van der Waals surface area (Å²) in [6.45, 7) is 5.13. The molecule has 4 aromatic rings. The number of nitrogens with zero attached hydrogens (tertiary/aromatic N) is 4. The predicted molar refractivity (Wildman–Crippen MR) is 134 cm³/mol. The van der Waals surface area contributed by atoms with Crippen LogP contribution < -0.4 is 4.90 Å². The third kappa shape index (κ3) is 4.85. The summed E-state index contributed by atoms with van der Waals surface area (Å²) in [4.78, 5) is 26.2. The first-order valence-corrected chi connectivity index (χ1v) is 11.9. The minimum Gasteiger partial charge on any atom is -0.351 e. The standard InChI is InChI=1S/C28H24F4N4O/c1-17-14-23-24(15-18(17)2)34-26(25(33-23)19-6-4-3-5-7-19)35-10-12-36(13-11-35)27(37)21-9-8-20(29)16-22(21)28(30,31)32/h3-9,14-16H,10-13H2,1-2H3. The van der Waals surface area contributed by atoms with Gasteiger partial charge in [0.1, 0.15) is 11.5 Å². The van der Waals surface area contributed by atoms with Crippen LogP contribution in [-0.4, -0.2) is 47.0 Å². The number of rotatable bonds is 3. The van der Waals surface area contributed by atoms with Gasteiger partial charge in [-0.05, 0) is 55.3 Å². The highest BCUT2D eigenvalue weighted by molar-refractivity contribution is 5.96. The summed E-state index contributed by atoms with van der Waals surface area (Å²) in [6, 6.07) is 15.8. The van der Waals surface area contributed by atoms with Crippen LogP contribution in [0.1, 0.15) is 27.0 Å². The maximum Gasteiger partial charge on any atom is 0.417 e. The van der Waals surface area contributed by atoms with Crippen molar-refractivity contribution in [3.63, 3.8) is 0 Å². The quantitative estimate of drug-likeness (QED) is 0.317. The van der Waals surface area contributed by atoms with Gasteiger partial charge in [-0.2, -0.15) is 13.2 Å². The molecule has 1 saturated heterocycles. The molecule has 0 bridgehead atoms. The summed E-state index contributed by atoms with van der Waals surface area (Å²) in [7, 11) is 0. The van der Waals surface area contributed by atoms with Gasteiger partial charge in [-0.15, -0.1) is 0 Å². The Labute approximate surface area is 211 Å². The van der Waals surface area contributed by atoms with E-state index in [2.05, 4.69) is 0 Å². The minimum absolute atomic E-state index is 0.189. The van der Waals surface area contributed by atoms with Gasteiger partial charge < -0.3 is 9.80 Å². The number of aryl methyl sites for hydroxylation is 2. The molecule has 5 rings (SSSR count). The van der Waals surface area contributed by atoms with Gasteiger partial charge in [0.2, 0.25) is 0 Å². The molecule has 1 aromatic heterocycles. The van der Waals surface area contributed by atoms with E-state index in [1.54, 1.807) is 0 Å². The molecule has 0 atom stereocenters. The number of alkyl halides is 3. The topological polar surface area (TPSA) is 49.3 Å². The van der Waals surface area contributed by atoms with Crippen molar-refractivity contribution in [3.05, 3.63) is 88.7 Å². The maximum absolute atomic E-state index is 13.5. The summed E-state index contributed by atoms with van der Waals surface area (Å²) >= 11 is 0. The van der Waals surface area contributed by atoms with Gasteiger partial charge in [-0.3, -0.25) is 4.79 Å². The molecule has 0 unspecified atom stereocenters. The monoisotopic (exact) mass is 508 g/mol. The molecule has 0 radical (unpaired) electrons. The lowest BCUT2D eigenvalue weighted by atomic mass is 10.0. The molecule has 0 saturated carbocycles. The van der Waals surface area contributed by atoms with E-state index < -0.39 is 29.0 Å². The Balaban J connectivity index is 1.45. The van der Waals surface area contributed by atoms with Crippen LogP contribution in [0.15, 0.2) is 60.7 Å². The van der Waals surface area contributed by atoms with E-state index >= 15 is 0 Å². The lowest BCUT2D eigenvalue weighted by Gasteiger charge is -2.36. The fraction of sp³-hybridized carbons (Fsp3) is 0.250. The number of carbonyl (C=O) groups is 1. The molecule has 190 valence electrons. The molecule has 1 fully saturated rings. The summed E-state index contributed by atoms with van der Waals surface area (Å²) in [5, 5.41) is 0. The van der Waals surface area contributed by atoms with Crippen LogP contribution in [0.5, 0.6) is 0 Å². The fourth-order valence-corrected chi connectivity index (χ4v) is 4.54. The zero-order valence-corrected chi connectivity index (χ0v) is 20.3. The molecule has 0 aliphatic carbocycles. The van der Waals surface area contributed by atoms with Crippen LogP contribution in [0.25, 0.3) is 22.3 Å². The molecule has 2 heterocycles. The fourth-order valence-electron chi connectivity index (χ4n) is 4.54. The van der Waals surface area contributed by atoms with Crippen LogP contribution in [0.4, 0.5) is 23.4 Å². The van der Waals surface area contributed by atoms with Crippen LogP contribution >= 0.6 is 0 Å². The summed E-state index contributed by atoms with van der Waals surface area (Å²) in [5.74, 6) is -1.15. The molecule has 0 N–H and O–H groups in total. The number of hydrogen-bond acceptors (Lipinski definition) is 4. The number of amides is 1. The Morgan fingerprint density at radius 3 is 2.08 bits per heavy atom. The second kappa shape index (κ2) is 9.46. The number of piperazine rings is 1. The van der Waals surface area contributed by atoms with Gasteiger partial charge in [0.05, 0.1) is 22.2 Å². The van der Waals surface area contributed by atoms with Gasteiger partial charge in [0.25, 0.3) is 5.91 Å². The van der Waals surface area contributed by atoms with Crippen molar-refractivity contribution in [1.82, 2.24) is 14.9 Å². The zero-order valence-electron chi connectivity index (χ0n) is 20.3. The summed E-state index contributed by atoms with van der Waals surface area (Å²) in [5.41, 5.74) is 3.50. The Morgan fingerprint density at radius 1 is 0.838 bits per heavy atom. The second-order valence-electron chi connectivity index (χ2n) is 9.15. The lowest BCUT2D eigenvalue weighted by Crippen LogP contribution is -2.49. The van der Waals surface area contributed by atoms with Crippen LogP contribution in [0, 0.1) is 19.7 Å². The van der Waals surface area contributed by atoms with Crippen molar-refractivity contribution in [3.8, 4) is 11.3 Å². The molecule has 9 heteroatoms. The number of carbonyl (C=O) groups excluding carboxylic acids is 1. The minimum atomic E-state index is -4.84. The average molecular weight is 509 g/mol. The molecule has 1 aliphatic rings. The highest BCUT2D eigenvalue weighted by atomic mass is 19.4.